The van der Waals surface area contributed by atoms with Gasteiger partial charge in [0.1, 0.15) is 49.3 Å². The molecular weight excluding hydrogens is 336 g/mol. The van der Waals surface area contributed by atoms with E-state index in [9.17, 15) is 9.59 Å². The third kappa shape index (κ3) is 8.70. The number of aliphatic hydroxyl groups excluding tert-OH is 10. The Labute approximate surface area is 136 Å². The quantitative estimate of drug-likeness (QED) is 0.164. The number of hydrogen-bond acceptors (Lipinski definition) is 12. The van der Waals surface area contributed by atoms with Crippen molar-refractivity contribution >= 4 is 12.1 Å². The van der Waals surface area contributed by atoms with Crippen molar-refractivity contribution in [2.75, 3.05) is 19.8 Å². The van der Waals surface area contributed by atoms with E-state index in [1.54, 1.807) is 0 Å². The Morgan fingerprint density at radius 3 is 1.50 bits per heavy atom. The molecule has 0 aliphatic heterocycles. The summed E-state index contributed by atoms with van der Waals surface area (Å²) in [6.07, 6.45) is -12.1. The van der Waals surface area contributed by atoms with E-state index in [4.69, 9.17) is 51.1 Å². The highest BCUT2D eigenvalue weighted by molar-refractivity contribution is 5.84. The van der Waals surface area contributed by atoms with Crippen LogP contribution in [0.25, 0.3) is 0 Å². The summed E-state index contributed by atoms with van der Waals surface area (Å²) in [5.41, 5.74) is 0. The summed E-state index contributed by atoms with van der Waals surface area (Å²) in [7, 11) is 0. The second-order valence-corrected chi connectivity index (χ2v) is 4.67. The Balaban J connectivity index is 0. The van der Waals surface area contributed by atoms with Crippen LogP contribution in [0, 0.1) is 0 Å². The first-order valence-corrected chi connectivity index (χ1v) is 6.65. The van der Waals surface area contributed by atoms with E-state index in [0.717, 1.165) is 0 Å². The van der Waals surface area contributed by atoms with E-state index in [-0.39, 0.29) is 6.29 Å². The fourth-order valence-electron chi connectivity index (χ4n) is 1.22. The summed E-state index contributed by atoms with van der Waals surface area (Å²) in [4.78, 5) is 20.4. The van der Waals surface area contributed by atoms with Crippen LogP contribution in [0.5, 0.6) is 0 Å². The van der Waals surface area contributed by atoms with Crippen molar-refractivity contribution in [2.24, 2.45) is 0 Å². The van der Waals surface area contributed by atoms with Crippen molar-refractivity contribution in [3.05, 3.63) is 0 Å². The molecule has 0 bridgehead atoms. The molecule has 0 aromatic carbocycles. The summed E-state index contributed by atoms with van der Waals surface area (Å²) >= 11 is 0. The van der Waals surface area contributed by atoms with Crippen LogP contribution in [0.1, 0.15) is 0 Å². The molecule has 0 aliphatic carbocycles. The van der Waals surface area contributed by atoms with E-state index >= 15 is 0 Å². The Hall–Kier alpha value is -1.06. The predicted octanol–water partition coefficient (Wildman–Crippen LogP) is -6.76. The molecule has 0 saturated carbocycles. The first kappa shape index (κ1) is 25.2. The highest BCUT2D eigenvalue weighted by atomic mass is 16.4. The van der Waals surface area contributed by atoms with Gasteiger partial charge in [-0.1, -0.05) is 0 Å². The maximum absolute atomic E-state index is 10.5. The smallest absolute Gasteiger partial charge is 0.189 e. The Kier molecular flexibility index (Phi) is 13.9. The Morgan fingerprint density at radius 1 is 0.750 bits per heavy atom. The third-order valence-corrected chi connectivity index (χ3v) is 2.81. The summed E-state index contributed by atoms with van der Waals surface area (Å²) < 4.78 is 0. The Bertz CT molecular complexity index is 351. The van der Waals surface area contributed by atoms with Gasteiger partial charge < -0.3 is 55.9 Å². The van der Waals surface area contributed by atoms with Crippen molar-refractivity contribution < 1.29 is 60.7 Å². The van der Waals surface area contributed by atoms with Crippen LogP contribution in [0.15, 0.2) is 0 Å². The SMILES string of the molecule is O=C(CO)C(O)C(O)C(O)CO.O=CC(O)C(O)C(O)C(O)CO. The molecule has 7 atom stereocenters. The number of aliphatic hydroxyl groups is 10. The molecule has 0 rings (SSSR count). The zero-order valence-corrected chi connectivity index (χ0v) is 12.5. The summed E-state index contributed by atoms with van der Waals surface area (Å²) in [5, 5.41) is 86.6. The molecular formula is C12H24O12. The molecule has 0 radical (unpaired) electrons. The number of ketones is 1. The monoisotopic (exact) mass is 360 g/mol. The summed E-state index contributed by atoms with van der Waals surface area (Å²) in [6.45, 7) is -2.45. The van der Waals surface area contributed by atoms with Crippen molar-refractivity contribution in [2.45, 2.75) is 42.7 Å². The molecule has 0 aliphatic rings. The third-order valence-electron chi connectivity index (χ3n) is 2.81. The fourth-order valence-corrected chi connectivity index (χ4v) is 1.22. The minimum atomic E-state index is -1.86. The topological polar surface area (TPSA) is 236 Å². The van der Waals surface area contributed by atoms with Gasteiger partial charge in [0, 0.05) is 0 Å². The van der Waals surface area contributed by atoms with Gasteiger partial charge in [-0.15, -0.1) is 0 Å². The summed E-state index contributed by atoms with van der Waals surface area (Å²) in [5.74, 6) is -1.00. The molecule has 0 amide bonds. The highest BCUT2D eigenvalue weighted by Crippen LogP contribution is 2.03. The van der Waals surface area contributed by atoms with Gasteiger partial charge in [0.05, 0.1) is 13.2 Å². The molecule has 0 fully saturated rings. The second kappa shape index (κ2) is 13.3. The van der Waals surface area contributed by atoms with Gasteiger partial charge in [-0.3, -0.25) is 4.79 Å². The Morgan fingerprint density at radius 2 is 1.17 bits per heavy atom. The van der Waals surface area contributed by atoms with Gasteiger partial charge in [-0.05, 0) is 0 Å². The predicted molar refractivity (Wildman–Crippen MR) is 74.4 cm³/mol. The van der Waals surface area contributed by atoms with Gasteiger partial charge in [-0.25, -0.2) is 0 Å². The normalized spacial score (nSPS) is 19.8. The van der Waals surface area contributed by atoms with Gasteiger partial charge in [0.2, 0.25) is 0 Å². The minimum absolute atomic E-state index is 0.0258. The summed E-state index contributed by atoms with van der Waals surface area (Å²) in [6, 6.07) is 0. The zero-order valence-electron chi connectivity index (χ0n) is 12.5. The van der Waals surface area contributed by atoms with Gasteiger partial charge in [0.25, 0.3) is 0 Å². The fraction of sp³-hybridized carbons (Fsp3) is 0.833. The highest BCUT2D eigenvalue weighted by Gasteiger charge is 2.30. The lowest BCUT2D eigenvalue weighted by molar-refractivity contribution is -0.142. The van der Waals surface area contributed by atoms with Crippen LogP contribution >= 0.6 is 0 Å². The molecule has 12 nitrogen and oxygen atoms in total. The molecule has 0 saturated heterocycles. The zero-order chi connectivity index (χ0) is 19.4. The lowest BCUT2D eigenvalue weighted by atomic mass is 10.0. The van der Waals surface area contributed by atoms with Crippen molar-refractivity contribution in [1.29, 1.82) is 0 Å². The largest absolute Gasteiger partial charge is 0.394 e. The average molecular weight is 360 g/mol. The standard InChI is InChI=1S/2C6H12O6/c2*7-1-3(9)5(11)6(12)4(10)2-8/h3,5-9,11-12H,1-2H2;1,3-6,8-12H,2H2. The van der Waals surface area contributed by atoms with Crippen LogP contribution < -0.4 is 0 Å². The molecule has 0 spiro atoms. The van der Waals surface area contributed by atoms with E-state index in [2.05, 4.69) is 0 Å². The molecule has 0 aromatic rings. The first-order chi connectivity index (χ1) is 11.1. The van der Waals surface area contributed by atoms with Crippen molar-refractivity contribution in [3.8, 4) is 0 Å². The number of aldehydes is 1. The van der Waals surface area contributed by atoms with E-state index in [1.807, 2.05) is 0 Å². The lowest BCUT2D eigenvalue weighted by Crippen LogP contribution is -2.46. The number of rotatable bonds is 10. The molecule has 144 valence electrons. The van der Waals surface area contributed by atoms with Crippen LogP contribution in [0.3, 0.4) is 0 Å². The van der Waals surface area contributed by atoms with Crippen LogP contribution in [-0.4, -0.2) is 126 Å². The maximum atomic E-state index is 10.5. The van der Waals surface area contributed by atoms with Gasteiger partial charge in [0.15, 0.2) is 12.1 Å². The molecule has 12 heteroatoms. The number of hydrogen-bond donors (Lipinski definition) is 10. The van der Waals surface area contributed by atoms with Crippen LogP contribution in [-0.2, 0) is 9.59 Å². The number of Topliss-reactive ketones (excluding diaryl/α,β-unsaturated/α-hetero) is 1. The van der Waals surface area contributed by atoms with E-state index in [1.165, 1.54) is 0 Å². The minimum Gasteiger partial charge on any atom is -0.394 e. The lowest BCUT2D eigenvalue weighted by Gasteiger charge is -2.22. The van der Waals surface area contributed by atoms with Crippen LogP contribution in [0.2, 0.25) is 0 Å². The van der Waals surface area contributed by atoms with Gasteiger partial charge >= 0.3 is 0 Å². The molecule has 10 N–H and O–H groups in total. The van der Waals surface area contributed by atoms with Crippen LogP contribution in [0.4, 0.5) is 0 Å². The maximum Gasteiger partial charge on any atom is 0.189 e. The van der Waals surface area contributed by atoms with Crippen molar-refractivity contribution in [3.63, 3.8) is 0 Å². The number of carbonyl (C=O) groups excluding carboxylic acids is 2. The average Bonchev–Trinajstić information content (AvgIpc) is 2.62. The second-order valence-electron chi connectivity index (χ2n) is 4.67. The molecule has 24 heavy (non-hydrogen) atoms. The first-order valence-electron chi connectivity index (χ1n) is 6.65. The van der Waals surface area contributed by atoms with Gasteiger partial charge in [-0.2, -0.15) is 0 Å². The van der Waals surface area contributed by atoms with Crippen molar-refractivity contribution in [1.82, 2.24) is 0 Å². The van der Waals surface area contributed by atoms with E-state index in [0.29, 0.717) is 0 Å². The number of carbonyl (C=O) groups is 2. The molecule has 0 aromatic heterocycles. The van der Waals surface area contributed by atoms with E-state index < -0.39 is 68.3 Å². The molecule has 7 unspecified atom stereocenters. The molecule has 0 heterocycles.